The van der Waals surface area contributed by atoms with Gasteiger partial charge in [-0.1, -0.05) is 50.8 Å². The standard InChI is InChI=1S/C12H18/c1-5-8-11(4)12(9-6-2)10-7-3/h6-7,9-10H,2,4-5,8H2,1,3H3/b10-7-,12-9+. The third-order valence-electron chi connectivity index (χ3n) is 1.60. The maximum absolute atomic E-state index is 4.01. The van der Waals surface area contributed by atoms with Crippen molar-refractivity contribution in [2.24, 2.45) is 0 Å². The molecule has 0 heterocycles. The molecule has 0 bridgehead atoms. The highest BCUT2D eigenvalue weighted by molar-refractivity contribution is 5.39. The summed E-state index contributed by atoms with van der Waals surface area (Å²) in [6.45, 7) is 11.9. The molecule has 0 saturated carbocycles. The van der Waals surface area contributed by atoms with Crippen LogP contribution in [0, 0.1) is 0 Å². The van der Waals surface area contributed by atoms with Crippen LogP contribution >= 0.6 is 0 Å². The first kappa shape index (κ1) is 11.0. The minimum Gasteiger partial charge on any atom is -0.0990 e. The van der Waals surface area contributed by atoms with Crippen LogP contribution in [-0.2, 0) is 0 Å². The maximum Gasteiger partial charge on any atom is -0.0234 e. The summed E-state index contributed by atoms with van der Waals surface area (Å²) in [5.41, 5.74) is 2.38. The fourth-order valence-electron chi connectivity index (χ4n) is 1.04. The smallest absolute Gasteiger partial charge is 0.0234 e. The van der Waals surface area contributed by atoms with Crippen LogP contribution in [0.15, 0.2) is 48.6 Å². The lowest BCUT2D eigenvalue weighted by Gasteiger charge is -2.03. The van der Waals surface area contributed by atoms with E-state index in [9.17, 15) is 0 Å². The van der Waals surface area contributed by atoms with Crippen LogP contribution in [0.25, 0.3) is 0 Å². The topological polar surface area (TPSA) is 0 Å². The number of hydrogen-bond acceptors (Lipinski definition) is 0. The summed E-state index contributed by atoms with van der Waals surface area (Å²) >= 11 is 0. The summed E-state index contributed by atoms with van der Waals surface area (Å²) in [6, 6.07) is 0. The van der Waals surface area contributed by atoms with Crippen molar-refractivity contribution in [1.82, 2.24) is 0 Å². The Morgan fingerprint density at radius 3 is 2.50 bits per heavy atom. The van der Waals surface area contributed by atoms with E-state index in [1.165, 1.54) is 11.1 Å². The highest BCUT2D eigenvalue weighted by Gasteiger charge is 1.95. The van der Waals surface area contributed by atoms with Crippen molar-refractivity contribution in [1.29, 1.82) is 0 Å². The molecule has 0 saturated heterocycles. The number of rotatable bonds is 5. The van der Waals surface area contributed by atoms with E-state index in [0.29, 0.717) is 0 Å². The second-order valence-electron chi connectivity index (χ2n) is 2.71. The molecular formula is C12H18. The third kappa shape index (κ3) is 3.97. The molecule has 0 radical (unpaired) electrons. The van der Waals surface area contributed by atoms with Crippen molar-refractivity contribution in [2.75, 3.05) is 0 Å². The average Bonchev–Trinajstić information content (AvgIpc) is 2.04. The Bertz CT molecular complexity index is 204. The second-order valence-corrected chi connectivity index (χ2v) is 2.71. The van der Waals surface area contributed by atoms with Crippen LogP contribution in [0.4, 0.5) is 0 Å². The molecule has 0 aliphatic rings. The lowest BCUT2D eigenvalue weighted by molar-refractivity contribution is 0.921. The fraction of sp³-hybridized carbons (Fsp3) is 0.333. The molecule has 0 aliphatic heterocycles. The Labute approximate surface area is 76.0 Å². The first-order valence-electron chi connectivity index (χ1n) is 4.39. The van der Waals surface area contributed by atoms with E-state index in [1.807, 2.05) is 19.1 Å². The Morgan fingerprint density at radius 2 is 2.08 bits per heavy atom. The summed E-state index contributed by atoms with van der Waals surface area (Å²) in [5, 5.41) is 0. The molecule has 0 fully saturated rings. The van der Waals surface area contributed by atoms with E-state index >= 15 is 0 Å². The molecule has 0 aliphatic carbocycles. The molecule has 66 valence electrons. The molecule has 0 amide bonds. The van der Waals surface area contributed by atoms with Gasteiger partial charge in [0, 0.05) is 0 Å². The molecule has 12 heavy (non-hydrogen) atoms. The summed E-state index contributed by atoms with van der Waals surface area (Å²) in [4.78, 5) is 0. The molecule has 0 aromatic heterocycles. The molecule has 0 N–H and O–H groups in total. The fourth-order valence-corrected chi connectivity index (χ4v) is 1.04. The highest BCUT2D eigenvalue weighted by atomic mass is 14.0. The van der Waals surface area contributed by atoms with Crippen LogP contribution in [0.1, 0.15) is 26.7 Å². The van der Waals surface area contributed by atoms with Crippen LogP contribution < -0.4 is 0 Å². The largest absolute Gasteiger partial charge is 0.0990 e. The van der Waals surface area contributed by atoms with Crippen molar-refractivity contribution >= 4 is 0 Å². The molecule has 0 aromatic rings. The molecule has 0 nitrogen and oxygen atoms in total. The first-order chi connectivity index (χ1) is 5.76. The van der Waals surface area contributed by atoms with Gasteiger partial charge in [0.15, 0.2) is 0 Å². The lowest BCUT2D eigenvalue weighted by Crippen LogP contribution is -1.83. The quantitative estimate of drug-likeness (QED) is 0.535. The van der Waals surface area contributed by atoms with Gasteiger partial charge in [-0.25, -0.2) is 0 Å². The van der Waals surface area contributed by atoms with Gasteiger partial charge in [0.1, 0.15) is 0 Å². The minimum absolute atomic E-state index is 1.06. The Kier molecular flexibility index (Phi) is 6.08. The molecule has 0 atom stereocenters. The van der Waals surface area contributed by atoms with Crippen molar-refractivity contribution in [3.8, 4) is 0 Å². The van der Waals surface area contributed by atoms with Crippen molar-refractivity contribution in [2.45, 2.75) is 26.7 Å². The van der Waals surface area contributed by atoms with E-state index in [2.05, 4.69) is 26.2 Å². The van der Waals surface area contributed by atoms with E-state index in [0.717, 1.165) is 12.8 Å². The zero-order valence-electron chi connectivity index (χ0n) is 8.14. The van der Waals surface area contributed by atoms with Crippen LogP contribution in [-0.4, -0.2) is 0 Å². The van der Waals surface area contributed by atoms with Crippen LogP contribution in [0.3, 0.4) is 0 Å². The van der Waals surface area contributed by atoms with E-state index < -0.39 is 0 Å². The highest BCUT2D eigenvalue weighted by Crippen LogP contribution is 2.15. The van der Waals surface area contributed by atoms with Gasteiger partial charge in [-0.15, -0.1) is 0 Å². The van der Waals surface area contributed by atoms with Gasteiger partial charge in [-0.3, -0.25) is 0 Å². The van der Waals surface area contributed by atoms with Gasteiger partial charge >= 0.3 is 0 Å². The van der Waals surface area contributed by atoms with Crippen molar-refractivity contribution in [3.05, 3.63) is 48.6 Å². The summed E-state index contributed by atoms with van der Waals surface area (Å²) in [7, 11) is 0. The molecule has 0 aromatic carbocycles. The normalized spacial score (nSPS) is 12.0. The molecule has 0 heteroatoms. The number of hydrogen-bond donors (Lipinski definition) is 0. The van der Waals surface area contributed by atoms with Crippen molar-refractivity contribution < 1.29 is 0 Å². The summed E-state index contributed by atoms with van der Waals surface area (Å²) in [6.07, 6.45) is 10.1. The average molecular weight is 162 g/mol. The molecule has 0 spiro atoms. The SMILES string of the molecule is C=C/C=C(\C=C/C)C(=C)CCC. The van der Waals surface area contributed by atoms with Gasteiger partial charge in [-0.05, 0) is 24.5 Å². The zero-order chi connectivity index (χ0) is 9.40. The first-order valence-corrected chi connectivity index (χ1v) is 4.39. The predicted molar refractivity (Wildman–Crippen MR) is 57.1 cm³/mol. The van der Waals surface area contributed by atoms with E-state index in [1.54, 1.807) is 6.08 Å². The van der Waals surface area contributed by atoms with Crippen LogP contribution in [0.5, 0.6) is 0 Å². The van der Waals surface area contributed by atoms with Crippen LogP contribution in [0.2, 0.25) is 0 Å². The summed E-state index contributed by atoms with van der Waals surface area (Å²) < 4.78 is 0. The van der Waals surface area contributed by atoms with Gasteiger partial charge < -0.3 is 0 Å². The molecular weight excluding hydrogens is 144 g/mol. The van der Waals surface area contributed by atoms with Gasteiger partial charge in [-0.2, -0.15) is 0 Å². The van der Waals surface area contributed by atoms with E-state index in [-0.39, 0.29) is 0 Å². The van der Waals surface area contributed by atoms with E-state index in [4.69, 9.17) is 0 Å². The number of allylic oxidation sites excluding steroid dienone is 6. The van der Waals surface area contributed by atoms with Gasteiger partial charge in [0.05, 0.1) is 0 Å². The zero-order valence-corrected chi connectivity index (χ0v) is 8.14. The lowest BCUT2D eigenvalue weighted by atomic mass is 10.0. The molecule has 0 unspecified atom stereocenters. The Hall–Kier alpha value is -1.04. The third-order valence-corrected chi connectivity index (χ3v) is 1.60. The molecule has 0 rings (SSSR count). The Morgan fingerprint density at radius 1 is 1.42 bits per heavy atom. The summed E-state index contributed by atoms with van der Waals surface area (Å²) in [5.74, 6) is 0. The maximum atomic E-state index is 4.01. The monoisotopic (exact) mass is 162 g/mol. The predicted octanol–water partition coefficient (Wildman–Crippen LogP) is 4.03. The second kappa shape index (κ2) is 6.66. The van der Waals surface area contributed by atoms with Crippen molar-refractivity contribution in [3.63, 3.8) is 0 Å². The van der Waals surface area contributed by atoms with Gasteiger partial charge in [0.2, 0.25) is 0 Å². The minimum atomic E-state index is 1.06. The van der Waals surface area contributed by atoms with Gasteiger partial charge in [0.25, 0.3) is 0 Å². The Balaban J connectivity index is 4.40.